The Labute approximate surface area is 307 Å². The first kappa shape index (κ1) is 29.0. The Morgan fingerprint density at radius 2 is 0.811 bits per heavy atom. The Kier molecular flexibility index (Phi) is 5.96. The Bertz CT molecular complexity index is 3430. The van der Waals surface area contributed by atoms with Crippen molar-refractivity contribution in [2.45, 2.75) is 0 Å². The minimum absolute atomic E-state index is 0.879. The molecule has 0 saturated carbocycles. The highest BCUT2D eigenvalue weighted by Crippen LogP contribution is 2.51. The van der Waals surface area contributed by atoms with E-state index in [0.29, 0.717) is 0 Å². The summed E-state index contributed by atoms with van der Waals surface area (Å²) in [4.78, 5) is 0. The van der Waals surface area contributed by atoms with Crippen LogP contribution in [-0.4, -0.2) is 0 Å². The minimum atomic E-state index is 0.879. The summed E-state index contributed by atoms with van der Waals surface area (Å²) in [7, 11) is 0. The van der Waals surface area contributed by atoms with Crippen LogP contribution in [0, 0.1) is 0 Å². The molecule has 0 unspecified atom stereocenters. The summed E-state index contributed by atoms with van der Waals surface area (Å²) in [6.07, 6.45) is 0. The molecule has 2 nitrogen and oxygen atoms in total. The van der Waals surface area contributed by atoms with Crippen LogP contribution in [0.2, 0.25) is 0 Å². The molecule has 0 aliphatic rings. The topological polar surface area (TPSA) is 26.3 Å². The predicted octanol–water partition coefficient (Wildman–Crippen LogP) is 15.2. The van der Waals surface area contributed by atoms with Gasteiger partial charge in [0.1, 0.15) is 22.3 Å². The first-order valence-electron chi connectivity index (χ1n) is 18.0. The van der Waals surface area contributed by atoms with Gasteiger partial charge in [-0.15, -0.1) is 0 Å². The summed E-state index contributed by atoms with van der Waals surface area (Å²) in [5.41, 5.74) is 10.6. The van der Waals surface area contributed by atoms with E-state index in [1.807, 2.05) is 0 Å². The van der Waals surface area contributed by atoms with Gasteiger partial charge in [-0.2, -0.15) is 11.3 Å². The number of benzene rings is 9. The number of rotatable bonds is 3. The van der Waals surface area contributed by atoms with E-state index in [2.05, 4.69) is 168 Å². The van der Waals surface area contributed by atoms with Gasteiger partial charge in [0.15, 0.2) is 0 Å². The molecule has 0 amide bonds. The quantitative estimate of drug-likeness (QED) is 0.172. The van der Waals surface area contributed by atoms with Crippen molar-refractivity contribution in [1.82, 2.24) is 0 Å². The van der Waals surface area contributed by atoms with Crippen molar-refractivity contribution in [3.05, 3.63) is 168 Å². The van der Waals surface area contributed by atoms with Gasteiger partial charge in [-0.3, -0.25) is 0 Å². The Balaban J connectivity index is 1.21. The van der Waals surface area contributed by atoms with Crippen molar-refractivity contribution in [1.29, 1.82) is 0 Å². The minimum Gasteiger partial charge on any atom is -0.455 e. The van der Waals surface area contributed by atoms with E-state index in [4.69, 9.17) is 8.83 Å². The second-order valence-corrected chi connectivity index (χ2v) is 14.7. The summed E-state index contributed by atoms with van der Waals surface area (Å²) < 4.78 is 13.9. The number of para-hydroxylation sites is 2. The molecule has 3 heteroatoms. The van der Waals surface area contributed by atoms with Crippen LogP contribution in [0.15, 0.2) is 177 Å². The largest absolute Gasteiger partial charge is 0.455 e. The molecule has 0 aliphatic carbocycles. The molecule has 0 saturated heterocycles. The number of fused-ring (bicyclic) bond motifs is 15. The lowest BCUT2D eigenvalue weighted by molar-refractivity contribution is 0.670. The van der Waals surface area contributed by atoms with Crippen molar-refractivity contribution in [3.63, 3.8) is 0 Å². The van der Waals surface area contributed by atoms with E-state index in [0.717, 1.165) is 65.8 Å². The van der Waals surface area contributed by atoms with Gasteiger partial charge in [0.25, 0.3) is 0 Å². The number of thiophene rings is 1. The monoisotopic (exact) mass is 692 g/mol. The van der Waals surface area contributed by atoms with Gasteiger partial charge >= 0.3 is 0 Å². The van der Waals surface area contributed by atoms with Crippen LogP contribution in [0.4, 0.5) is 0 Å². The van der Waals surface area contributed by atoms with Gasteiger partial charge < -0.3 is 8.83 Å². The molecule has 0 radical (unpaired) electrons. The first-order chi connectivity index (χ1) is 26.3. The molecule has 12 aromatic rings. The average molecular weight is 693 g/mol. The van der Waals surface area contributed by atoms with Crippen LogP contribution >= 0.6 is 11.3 Å². The third-order valence-electron chi connectivity index (χ3n) is 11.2. The van der Waals surface area contributed by atoms with Crippen molar-refractivity contribution < 1.29 is 8.83 Å². The van der Waals surface area contributed by atoms with Crippen LogP contribution < -0.4 is 0 Å². The van der Waals surface area contributed by atoms with Crippen molar-refractivity contribution in [3.8, 4) is 33.4 Å². The molecule has 0 spiro atoms. The van der Waals surface area contributed by atoms with E-state index in [1.165, 1.54) is 54.6 Å². The van der Waals surface area contributed by atoms with Gasteiger partial charge in [0.05, 0.1) is 0 Å². The Morgan fingerprint density at radius 3 is 1.43 bits per heavy atom. The number of furan rings is 2. The first-order valence-corrected chi connectivity index (χ1v) is 18.9. The lowest BCUT2D eigenvalue weighted by Crippen LogP contribution is -1.88. The second-order valence-electron chi connectivity index (χ2n) is 14.0. The van der Waals surface area contributed by atoms with Crippen molar-refractivity contribution >= 4 is 98.3 Å². The highest BCUT2D eigenvalue weighted by molar-refractivity contribution is 7.09. The molecule has 3 aromatic heterocycles. The fourth-order valence-corrected chi connectivity index (χ4v) is 9.57. The van der Waals surface area contributed by atoms with Gasteiger partial charge in [0, 0.05) is 43.1 Å². The van der Waals surface area contributed by atoms with Crippen molar-refractivity contribution in [2.24, 2.45) is 0 Å². The van der Waals surface area contributed by atoms with Gasteiger partial charge in [-0.1, -0.05) is 127 Å². The van der Waals surface area contributed by atoms with E-state index in [9.17, 15) is 0 Å². The van der Waals surface area contributed by atoms with Gasteiger partial charge in [-0.25, -0.2) is 0 Å². The molecular formula is C50H28O2S. The molecule has 12 rings (SSSR count). The lowest BCUT2D eigenvalue weighted by Gasteiger charge is -2.14. The van der Waals surface area contributed by atoms with Gasteiger partial charge in [0.2, 0.25) is 0 Å². The molecule has 0 N–H and O–H groups in total. The average Bonchev–Trinajstić information content (AvgIpc) is 3.97. The molecule has 3 heterocycles. The maximum absolute atomic E-state index is 7.00. The SMILES string of the molecule is c1ccc(-c2cc3c4cscc4c4cc(-c5ccc(-c6ccc7ccccc7c6)cc5)c5c6ccccc6oc5c4c3c3oc4ccccc4c23)cc1. The lowest BCUT2D eigenvalue weighted by atomic mass is 9.87. The van der Waals surface area contributed by atoms with Crippen LogP contribution in [0.5, 0.6) is 0 Å². The molecular weight excluding hydrogens is 665 g/mol. The number of hydrogen-bond donors (Lipinski definition) is 0. The van der Waals surface area contributed by atoms with Crippen LogP contribution in [0.3, 0.4) is 0 Å². The number of hydrogen-bond acceptors (Lipinski definition) is 3. The molecule has 0 atom stereocenters. The summed E-state index contributed by atoms with van der Waals surface area (Å²) >= 11 is 1.75. The standard InChI is InChI=1S/C50H28O2S/c1-2-11-31(12-3-1)37-25-39-41-27-53-28-42(41)40-26-38(32-21-18-30(19-22-32)34-23-20-29-10-4-5-13-33(29)24-34)46-36-15-7-9-17-44(36)52-50(46)48(40)47(39)49-45(37)35-14-6-8-16-43(35)51-49/h1-28H. The van der Waals surface area contributed by atoms with Gasteiger partial charge in [-0.05, 0) is 96.0 Å². The highest BCUT2D eigenvalue weighted by Gasteiger charge is 2.25. The Morgan fingerprint density at radius 1 is 0.321 bits per heavy atom. The Hall–Kier alpha value is -6.68. The summed E-state index contributed by atoms with van der Waals surface area (Å²) in [6, 6.07) is 56.6. The third-order valence-corrected chi connectivity index (χ3v) is 11.9. The predicted molar refractivity (Wildman–Crippen MR) is 225 cm³/mol. The van der Waals surface area contributed by atoms with E-state index in [-0.39, 0.29) is 0 Å². The maximum Gasteiger partial charge on any atom is 0.144 e. The fraction of sp³-hybridized carbons (Fsp3) is 0. The summed E-state index contributed by atoms with van der Waals surface area (Å²) in [5, 5.41) is 18.6. The highest BCUT2D eigenvalue weighted by atomic mass is 32.1. The fourth-order valence-electron chi connectivity index (χ4n) is 8.72. The molecule has 246 valence electrons. The van der Waals surface area contributed by atoms with Crippen LogP contribution in [0.1, 0.15) is 0 Å². The van der Waals surface area contributed by atoms with Crippen molar-refractivity contribution in [2.75, 3.05) is 0 Å². The normalized spacial score (nSPS) is 12.2. The zero-order valence-electron chi connectivity index (χ0n) is 28.4. The molecule has 0 aliphatic heterocycles. The second kappa shape index (κ2) is 10.9. The van der Waals surface area contributed by atoms with E-state index < -0.39 is 0 Å². The molecule has 9 aromatic carbocycles. The third kappa shape index (κ3) is 4.14. The smallest absolute Gasteiger partial charge is 0.144 e. The molecule has 0 fully saturated rings. The van der Waals surface area contributed by atoms with Crippen LogP contribution in [-0.2, 0) is 0 Å². The zero-order valence-corrected chi connectivity index (χ0v) is 29.2. The molecule has 53 heavy (non-hydrogen) atoms. The summed E-state index contributed by atoms with van der Waals surface area (Å²) in [5.74, 6) is 0. The van der Waals surface area contributed by atoms with E-state index in [1.54, 1.807) is 11.3 Å². The zero-order chi connectivity index (χ0) is 34.6. The summed E-state index contributed by atoms with van der Waals surface area (Å²) in [6.45, 7) is 0. The maximum atomic E-state index is 7.00. The molecule has 0 bridgehead atoms. The van der Waals surface area contributed by atoms with E-state index >= 15 is 0 Å². The van der Waals surface area contributed by atoms with Crippen LogP contribution in [0.25, 0.3) is 120 Å².